The second-order valence-electron chi connectivity index (χ2n) is 7.39. The molecule has 3 rings (SSSR count). The number of hydrogen-bond acceptors (Lipinski definition) is 4. The minimum atomic E-state index is -0.251. The Kier molecular flexibility index (Phi) is 5.13. The number of pyridine rings is 1. The van der Waals surface area contributed by atoms with E-state index < -0.39 is 0 Å². The zero-order chi connectivity index (χ0) is 19.6. The summed E-state index contributed by atoms with van der Waals surface area (Å²) in [4.78, 5) is 18.4. The molecule has 1 aromatic heterocycles. The molecule has 5 nitrogen and oxygen atoms in total. The van der Waals surface area contributed by atoms with E-state index in [9.17, 15) is 4.79 Å². The van der Waals surface area contributed by atoms with Crippen LogP contribution in [0.1, 0.15) is 54.7 Å². The minimum absolute atomic E-state index is 0.00754. The van der Waals surface area contributed by atoms with Gasteiger partial charge in [0, 0.05) is 35.8 Å². The van der Waals surface area contributed by atoms with Crippen LogP contribution in [-0.2, 0) is 0 Å². The van der Waals surface area contributed by atoms with Crippen molar-refractivity contribution in [2.45, 2.75) is 40.2 Å². The fourth-order valence-corrected chi connectivity index (χ4v) is 3.69. The van der Waals surface area contributed by atoms with Crippen molar-refractivity contribution in [3.63, 3.8) is 0 Å². The number of carbonyl (C=O) groups is 1. The Bertz CT molecular complexity index is 913. The quantitative estimate of drug-likeness (QED) is 0.656. The highest BCUT2D eigenvalue weighted by atomic mass is 16.2. The van der Waals surface area contributed by atoms with Crippen LogP contribution in [0.5, 0.6) is 0 Å². The van der Waals surface area contributed by atoms with Crippen molar-refractivity contribution in [2.75, 3.05) is 11.4 Å². The van der Waals surface area contributed by atoms with Crippen LogP contribution < -0.4 is 10.3 Å². The number of carbonyl (C=O) groups excluding carboxylic acids is 1. The number of benzene rings is 1. The molecule has 1 N–H and O–H groups in total. The summed E-state index contributed by atoms with van der Waals surface area (Å²) in [6.45, 7) is 11.8. The second kappa shape index (κ2) is 7.35. The highest BCUT2D eigenvalue weighted by molar-refractivity contribution is 5.95. The molecule has 0 saturated heterocycles. The number of aromatic nitrogens is 1. The number of nitrogens with zero attached hydrogens (tertiary/aromatic N) is 3. The maximum absolute atomic E-state index is 12.1. The Morgan fingerprint density at radius 3 is 2.63 bits per heavy atom. The summed E-state index contributed by atoms with van der Waals surface area (Å²) < 4.78 is 0. The Morgan fingerprint density at radius 2 is 1.96 bits per heavy atom. The van der Waals surface area contributed by atoms with Crippen LogP contribution in [-0.4, -0.2) is 29.2 Å². The smallest absolute Gasteiger partial charge is 0.271 e. The predicted octanol–water partition coefficient (Wildman–Crippen LogP) is 4.18. The van der Waals surface area contributed by atoms with E-state index in [0.29, 0.717) is 5.56 Å². The van der Waals surface area contributed by atoms with Crippen LogP contribution in [0.2, 0.25) is 0 Å². The lowest BCUT2D eigenvalue weighted by Gasteiger charge is -2.43. The van der Waals surface area contributed by atoms with Crippen molar-refractivity contribution in [1.82, 2.24) is 10.4 Å². The fraction of sp³-hybridized carbons (Fsp3) is 0.318. The van der Waals surface area contributed by atoms with E-state index >= 15 is 0 Å². The normalized spacial score (nSPS) is 15.4. The van der Waals surface area contributed by atoms with Gasteiger partial charge in [0.05, 0.1) is 11.8 Å². The lowest BCUT2D eigenvalue weighted by Crippen LogP contribution is -2.45. The van der Waals surface area contributed by atoms with Gasteiger partial charge in [0.1, 0.15) is 0 Å². The Hall–Kier alpha value is -2.95. The SMILES string of the molecule is CCN1c2cc(C)c(/C=N/NC(=O)c3ccncc3)cc2C(C)=CC1(C)C. The van der Waals surface area contributed by atoms with Crippen molar-refractivity contribution in [3.05, 3.63) is 65.0 Å². The number of allylic oxidation sites excluding steroid dienone is 1. The molecule has 1 aliphatic rings. The molecular weight excluding hydrogens is 336 g/mol. The van der Waals surface area contributed by atoms with E-state index in [4.69, 9.17) is 0 Å². The molecule has 140 valence electrons. The zero-order valence-electron chi connectivity index (χ0n) is 16.6. The van der Waals surface area contributed by atoms with E-state index in [1.165, 1.54) is 16.8 Å². The van der Waals surface area contributed by atoms with Crippen molar-refractivity contribution in [1.29, 1.82) is 0 Å². The summed E-state index contributed by atoms with van der Waals surface area (Å²) in [5, 5.41) is 4.14. The number of anilines is 1. The van der Waals surface area contributed by atoms with E-state index in [-0.39, 0.29) is 11.4 Å². The fourth-order valence-electron chi connectivity index (χ4n) is 3.69. The van der Waals surface area contributed by atoms with Crippen LogP contribution in [0.3, 0.4) is 0 Å². The van der Waals surface area contributed by atoms with Gasteiger partial charge in [-0.1, -0.05) is 6.08 Å². The third-order valence-corrected chi connectivity index (χ3v) is 4.99. The summed E-state index contributed by atoms with van der Waals surface area (Å²) in [6, 6.07) is 7.67. The molecule has 1 aromatic carbocycles. The molecule has 1 amide bonds. The van der Waals surface area contributed by atoms with Gasteiger partial charge in [-0.2, -0.15) is 5.10 Å². The summed E-state index contributed by atoms with van der Waals surface area (Å²) in [5.41, 5.74) is 8.94. The second-order valence-corrected chi connectivity index (χ2v) is 7.39. The topological polar surface area (TPSA) is 57.6 Å². The molecule has 0 radical (unpaired) electrons. The van der Waals surface area contributed by atoms with Gasteiger partial charge >= 0.3 is 0 Å². The number of aryl methyl sites for hydroxylation is 1. The molecule has 2 heterocycles. The molecule has 27 heavy (non-hydrogen) atoms. The first-order valence-electron chi connectivity index (χ1n) is 9.19. The van der Waals surface area contributed by atoms with E-state index in [1.807, 2.05) is 0 Å². The third-order valence-electron chi connectivity index (χ3n) is 4.99. The Balaban J connectivity index is 1.86. The highest BCUT2D eigenvalue weighted by Gasteiger charge is 2.30. The molecule has 0 spiro atoms. The Labute approximate surface area is 160 Å². The van der Waals surface area contributed by atoms with Gasteiger partial charge in [-0.3, -0.25) is 9.78 Å². The van der Waals surface area contributed by atoms with E-state index in [2.05, 4.69) is 73.2 Å². The van der Waals surface area contributed by atoms with Gasteiger partial charge in [-0.15, -0.1) is 0 Å². The lowest BCUT2D eigenvalue weighted by atomic mass is 9.87. The number of amides is 1. The number of hydrogen-bond donors (Lipinski definition) is 1. The van der Waals surface area contributed by atoms with Crippen LogP contribution in [0.25, 0.3) is 5.57 Å². The highest BCUT2D eigenvalue weighted by Crippen LogP contribution is 2.39. The van der Waals surface area contributed by atoms with Crippen LogP contribution >= 0.6 is 0 Å². The Morgan fingerprint density at radius 1 is 1.26 bits per heavy atom. The number of rotatable bonds is 4. The van der Waals surface area contributed by atoms with Gasteiger partial charge in [-0.25, -0.2) is 5.43 Å². The third kappa shape index (κ3) is 3.77. The molecule has 0 aliphatic carbocycles. The van der Waals surface area contributed by atoms with Crippen molar-refractivity contribution in [2.24, 2.45) is 5.10 Å². The molecule has 5 heteroatoms. The molecule has 2 aromatic rings. The molecule has 0 unspecified atom stereocenters. The summed E-state index contributed by atoms with van der Waals surface area (Å²) >= 11 is 0. The van der Waals surface area contributed by atoms with Gasteiger partial charge in [0.25, 0.3) is 5.91 Å². The zero-order valence-corrected chi connectivity index (χ0v) is 16.6. The first kappa shape index (κ1) is 18.8. The van der Waals surface area contributed by atoms with Gasteiger partial charge < -0.3 is 4.90 Å². The van der Waals surface area contributed by atoms with Gasteiger partial charge in [0.2, 0.25) is 0 Å². The molecule has 1 aliphatic heterocycles. The standard InChI is InChI=1S/C22H26N4O/c1-6-26-20-11-15(2)18(12-19(20)16(3)13-22(26,4)5)14-24-25-21(27)17-7-9-23-10-8-17/h7-14H,6H2,1-5H3,(H,25,27)/b24-14+. The molecule has 0 bridgehead atoms. The predicted molar refractivity (Wildman–Crippen MR) is 111 cm³/mol. The first-order valence-corrected chi connectivity index (χ1v) is 9.19. The molecular formula is C22H26N4O. The molecule has 0 saturated carbocycles. The van der Waals surface area contributed by atoms with Crippen molar-refractivity contribution < 1.29 is 4.79 Å². The summed E-state index contributed by atoms with van der Waals surface area (Å²) in [6.07, 6.45) is 7.18. The molecule has 0 atom stereocenters. The minimum Gasteiger partial charge on any atom is -0.363 e. The maximum atomic E-state index is 12.1. The number of hydrazone groups is 1. The average Bonchev–Trinajstić information content (AvgIpc) is 2.63. The number of fused-ring (bicyclic) bond motifs is 1. The number of nitrogens with one attached hydrogen (secondary N) is 1. The summed E-state index contributed by atoms with van der Waals surface area (Å²) in [5.74, 6) is -0.251. The maximum Gasteiger partial charge on any atom is 0.271 e. The van der Waals surface area contributed by atoms with Crippen LogP contribution in [0.15, 0.2) is 47.8 Å². The number of likely N-dealkylation sites (N-methyl/N-ethyl adjacent to an activating group) is 1. The van der Waals surface area contributed by atoms with Crippen LogP contribution in [0.4, 0.5) is 5.69 Å². The van der Waals surface area contributed by atoms with E-state index in [0.717, 1.165) is 17.7 Å². The summed E-state index contributed by atoms with van der Waals surface area (Å²) in [7, 11) is 0. The van der Waals surface area contributed by atoms with Gasteiger partial charge in [-0.05, 0) is 75.6 Å². The van der Waals surface area contributed by atoms with Crippen molar-refractivity contribution >= 4 is 23.4 Å². The largest absolute Gasteiger partial charge is 0.363 e. The van der Waals surface area contributed by atoms with E-state index in [1.54, 1.807) is 30.7 Å². The monoisotopic (exact) mass is 362 g/mol. The molecule has 0 fully saturated rings. The average molecular weight is 362 g/mol. The lowest BCUT2D eigenvalue weighted by molar-refractivity contribution is 0.0955. The van der Waals surface area contributed by atoms with Gasteiger partial charge in [0.15, 0.2) is 0 Å². The van der Waals surface area contributed by atoms with Crippen LogP contribution in [0, 0.1) is 6.92 Å². The first-order chi connectivity index (χ1) is 12.8. The van der Waals surface area contributed by atoms with Crippen molar-refractivity contribution in [3.8, 4) is 0 Å².